The third kappa shape index (κ3) is 9.31. The first-order valence-corrected chi connectivity index (χ1v) is 37.9. The number of rotatable bonds is 11. The first kappa shape index (κ1) is 60.5. The molecule has 16 aromatic carbocycles. The van der Waals surface area contributed by atoms with Crippen molar-refractivity contribution in [3.8, 4) is 33.8 Å². The molecule has 0 bridgehead atoms. The fourth-order valence-corrected chi connectivity index (χ4v) is 20.0. The highest BCUT2D eigenvalue weighted by atomic mass is 32.1. The summed E-state index contributed by atoms with van der Waals surface area (Å²) in [6.07, 6.45) is 0. The topological polar surface area (TPSA) is 25.4 Å². The monoisotopic (exact) mass is 1390 g/mol. The zero-order chi connectivity index (χ0) is 69.5. The minimum absolute atomic E-state index is 0.215. The van der Waals surface area contributed by atoms with Crippen molar-refractivity contribution in [2.45, 2.75) is 0 Å². The zero-order valence-corrected chi connectivity index (χ0v) is 59.0. The highest BCUT2D eigenvalue weighted by Crippen LogP contribution is 2.55. The second-order valence-corrected chi connectivity index (χ2v) is 29.9. The van der Waals surface area contributed by atoms with Crippen molar-refractivity contribution in [1.82, 2.24) is 0 Å². The van der Waals surface area contributed by atoms with Gasteiger partial charge in [0.25, 0.3) is 13.4 Å². The van der Waals surface area contributed by atoms with Crippen molar-refractivity contribution < 1.29 is 4.74 Å². The average molecular weight is 1390 g/mol. The Hall–Kier alpha value is -13.1. The predicted octanol–water partition coefficient (Wildman–Crippen LogP) is 23.2. The third-order valence-electron chi connectivity index (χ3n) is 22.0. The number of nitrogens with zero attached hydrogens (tertiary/aromatic N) is 5. The molecule has 0 saturated heterocycles. The van der Waals surface area contributed by atoms with Crippen LogP contribution in [0.2, 0.25) is 0 Å². The van der Waals surface area contributed by atoms with Crippen LogP contribution in [0.1, 0.15) is 0 Å². The number of hydrogen-bond acceptors (Lipinski definition) is 8. The van der Waals surface area contributed by atoms with Crippen molar-refractivity contribution in [3.05, 3.63) is 370 Å². The van der Waals surface area contributed by atoms with E-state index in [1.807, 2.05) is 22.7 Å². The van der Waals surface area contributed by atoms with Crippen LogP contribution in [0.3, 0.4) is 0 Å². The normalized spacial score (nSPS) is 12.9. The second kappa shape index (κ2) is 24.3. The van der Waals surface area contributed by atoms with Gasteiger partial charge in [0.05, 0.1) is 37.8 Å². The number of benzene rings is 16. The Balaban J connectivity index is 0.829. The Labute approximate surface area is 623 Å². The van der Waals surface area contributed by atoms with Crippen LogP contribution in [0.25, 0.3) is 62.6 Å². The molecule has 0 radical (unpaired) electrons. The number of fused-ring (bicyclic) bond motifs is 14. The van der Waals surface area contributed by atoms with Gasteiger partial charge in [-0.05, 0) is 147 Å². The van der Waals surface area contributed by atoms with Gasteiger partial charge in [-0.3, -0.25) is 0 Å². The summed E-state index contributed by atoms with van der Waals surface area (Å²) in [5.41, 5.74) is 27.7. The molecule has 6 nitrogen and oxygen atoms in total. The molecular weight excluding hydrogens is 1320 g/mol. The number of thiophene rings is 2. The fraction of sp³-hybridized carbons (Fsp3) is 0. The van der Waals surface area contributed by atoms with Crippen LogP contribution in [0.4, 0.5) is 85.3 Å². The molecule has 0 N–H and O–H groups in total. The average Bonchev–Trinajstić information content (AvgIpc) is 0.789. The first-order chi connectivity index (χ1) is 52.6. The Morgan fingerprint density at radius 2 is 0.670 bits per heavy atom. The van der Waals surface area contributed by atoms with Crippen molar-refractivity contribution in [2.75, 3.05) is 24.5 Å². The third-order valence-corrected chi connectivity index (χ3v) is 24.4. The van der Waals surface area contributed by atoms with E-state index in [0.717, 1.165) is 130 Å². The first-order valence-electron chi connectivity index (χ1n) is 36.3. The Morgan fingerprint density at radius 3 is 1.20 bits per heavy atom. The van der Waals surface area contributed by atoms with Gasteiger partial charge in [0.1, 0.15) is 11.5 Å². The van der Waals surface area contributed by atoms with E-state index in [9.17, 15) is 0 Å². The smallest absolute Gasteiger partial charge is 0.256 e. The highest BCUT2D eigenvalue weighted by molar-refractivity contribution is 7.27. The lowest BCUT2D eigenvalue weighted by Gasteiger charge is -2.46. The largest absolute Gasteiger partial charge is 0.458 e. The van der Waals surface area contributed by atoms with Gasteiger partial charge in [0, 0.05) is 111 Å². The molecule has 0 fully saturated rings. The number of ether oxygens (including phenoxy) is 1. The fourth-order valence-electron chi connectivity index (χ4n) is 17.6. The summed E-state index contributed by atoms with van der Waals surface area (Å²) in [6, 6.07) is 137. The Kier molecular flexibility index (Phi) is 13.8. The maximum Gasteiger partial charge on any atom is 0.256 e. The standard InChI is InChI=1S/C96H61B2N5OS2/c1-7-30-62(31-8-1)70-44-27-45-71(63-32-9-2-10-33-63)94(70)103-81-51-24-22-49-77(81)98-79-60-78-84(61-88(79)104-89-59-69(58-87(103)93(89)98)100(65-36-13-4-14-37-65)83-53-29-47-75-73-43-20-26-55-91(73)106-96(75)83)102(67-40-17-6-18-41-67)86-57-68(56-85-92(86)97(78)76-48-21-23-50-80(76)101(85)66-38-15-5-16-39-66)99(64-34-11-3-12-35-64)82-52-28-46-74-72-42-19-25-54-90(72)105-95(74)82/h1-61H. The summed E-state index contributed by atoms with van der Waals surface area (Å²) < 4.78 is 13.1. The Morgan fingerprint density at radius 1 is 0.264 bits per heavy atom. The summed E-state index contributed by atoms with van der Waals surface area (Å²) >= 11 is 3.71. The van der Waals surface area contributed by atoms with Gasteiger partial charge in [-0.1, -0.05) is 255 Å². The van der Waals surface area contributed by atoms with E-state index in [2.05, 4.69) is 395 Å². The molecule has 4 aliphatic heterocycles. The lowest BCUT2D eigenvalue weighted by molar-refractivity contribution is 0.488. The SMILES string of the molecule is c1ccc(-c2cccc(-c3ccccc3)c2N2c3ccccc3B3c4cc5c(cc4Oc4cc(N(c6ccccc6)c6cccc7c6sc6ccccc67)cc2c43)N(c2ccccc2)c2cc(N(c3ccccc3)c3cccc4c3sc3ccccc34)cc3c2B5c2ccccc2N3c2ccccc2)cc1. The van der Waals surface area contributed by atoms with Gasteiger partial charge in [0.15, 0.2) is 0 Å². The number of anilines is 15. The lowest BCUT2D eigenvalue weighted by atomic mass is 9.30. The molecule has 106 heavy (non-hydrogen) atoms. The molecule has 0 spiro atoms. The van der Waals surface area contributed by atoms with Gasteiger partial charge >= 0.3 is 0 Å². The van der Waals surface area contributed by atoms with Gasteiger partial charge in [0.2, 0.25) is 0 Å². The van der Waals surface area contributed by atoms with Crippen LogP contribution in [-0.4, -0.2) is 13.4 Å². The minimum atomic E-state index is -0.273. The molecule has 6 heterocycles. The van der Waals surface area contributed by atoms with E-state index >= 15 is 0 Å². The van der Waals surface area contributed by atoms with E-state index < -0.39 is 0 Å². The highest BCUT2D eigenvalue weighted by Gasteiger charge is 2.49. The zero-order valence-electron chi connectivity index (χ0n) is 57.3. The molecule has 4 aliphatic rings. The van der Waals surface area contributed by atoms with Crippen LogP contribution in [0.15, 0.2) is 370 Å². The quantitative estimate of drug-likeness (QED) is 0.120. The van der Waals surface area contributed by atoms with E-state index in [1.165, 1.54) is 62.2 Å². The molecule has 0 saturated carbocycles. The summed E-state index contributed by atoms with van der Waals surface area (Å²) in [5, 5.41) is 4.98. The van der Waals surface area contributed by atoms with E-state index in [0.29, 0.717) is 0 Å². The second-order valence-electron chi connectivity index (χ2n) is 27.8. The van der Waals surface area contributed by atoms with Gasteiger partial charge in [-0.25, -0.2) is 0 Å². The van der Waals surface area contributed by atoms with Crippen molar-refractivity contribution in [2.24, 2.45) is 0 Å². The van der Waals surface area contributed by atoms with Crippen LogP contribution in [-0.2, 0) is 0 Å². The van der Waals surface area contributed by atoms with E-state index in [1.54, 1.807) is 0 Å². The molecule has 494 valence electrons. The molecule has 0 amide bonds. The maximum absolute atomic E-state index is 8.09. The molecule has 0 atom stereocenters. The van der Waals surface area contributed by atoms with Crippen molar-refractivity contribution in [1.29, 1.82) is 0 Å². The summed E-state index contributed by atoms with van der Waals surface area (Å²) in [5.74, 6) is 1.61. The van der Waals surface area contributed by atoms with Crippen LogP contribution in [0, 0.1) is 0 Å². The van der Waals surface area contributed by atoms with Gasteiger partial charge in [-0.15, -0.1) is 22.7 Å². The molecule has 2 aromatic heterocycles. The number of hydrogen-bond donors (Lipinski definition) is 0. The minimum Gasteiger partial charge on any atom is -0.458 e. The summed E-state index contributed by atoms with van der Waals surface area (Å²) in [4.78, 5) is 12.6. The molecule has 10 heteroatoms. The van der Waals surface area contributed by atoms with Gasteiger partial charge in [-0.2, -0.15) is 0 Å². The maximum atomic E-state index is 8.09. The molecule has 0 unspecified atom stereocenters. The van der Waals surface area contributed by atoms with Crippen LogP contribution < -0.4 is 62.0 Å². The van der Waals surface area contributed by atoms with E-state index in [-0.39, 0.29) is 13.4 Å². The molecular formula is C96H61B2N5OS2. The molecule has 0 aliphatic carbocycles. The summed E-state index contributed by atoms with van der Waals surface area (Å²) in [7, 11) is 0. The van der Waals surface area contributed by atoms with Gasteiger partial charge < -0.3 is 29.2 Å². The van der Waals surface area contributed by atoms with Crippen molar-refractivity contribution in [3.63, 3.8) is 0 Å². The Bertz CT molecular complexity index is 6500. The van der Waals surface area contributed by atoms with E-state index in [4.69, 9.17) is 4.74 Å². The van der Waals surface area contributed by atoms with Crippen LogP contribution in [0.5, 0.6) is 11.5 Å². The van der Waals surface area contributed by atoms with Crippen molar-refractivity contribution >= 4 is 195 Å². The van der Waals surface area contributed by atoms with Crippen LogP contribution >= 0.6 is 22.7 Å². The predicted molar refractivity (Wildman–Crippen MR) is 452 cm³/mol. The molecule has 18 aromatic rings. The molecule has 22 rings (SSSR count). The summed E-state index contributed by atoms with van der Waals surface area (Å²) in [6.45, 7) is -0.489. The lowest BCUT2D eigenvalue weighted by Crippen LogP contribution is -2.64. The number of para-hydroxylation sites is 7.